The zero-order chi connectivity index (χ0) is 22.9. The molecular formula is C26H18ClN3O2S. The molecule has 5 rings (SSSR count). The van der Waals surface area contributed by atoms with Crippen LogP contribution in [0, 0.1) is 6.92 Å². The molecule has 7 heteroatoms. The Morgan fingerprint density at radius 3 is 2.61 bits per heavy atom. The van der Waals surface area contributed by atoms with Crippen molar-refractivity contribution in [3.05, 3.63) is 95.0 Å². The lowest BCUT2D eigenvalue weighted by Gasteiger charge is -2.13. The van der Waals surface area contributed by atoms with E-state index < -0.39 is 0 Å². The number of para-hydroxylation sites is 2. The smallest absolute Gasteiger partial charge is 0.258 e. The summed E-state index contributed by atoms with van der Waals surface area (Å²) in [4.78, 5) is 17.5. The third kappa shape index (κ3) is 4.18. The number of carbonyl (C=O) groups excluding carboxylic acids is 1. The highest BCUT2D eigenvalue weighted by atomic mass is 35.5. The summed E-state index contributed by atoms with van der Waals surface area (Å²) in [6, 6.07) is 24.3. The normalized spacial score (nSPS) is 11.0. The van der Waals surface area contributed by atoms with Crippen molar-refractivity contribution in [1.82, 2.24) is 10.3 Å². The Bertz CT molecular complexity index is 1510. The van der Waals surface area contributed by atoms with Gasteiger partial charge in [0.2, 0.25) is 5.89 Å². The fraction of sp³-hybridized carbons (Fsp3) is 0.0385. The number of anilines is 1. The van der Waals surface area contributed by atoms with Gasteiger partial charge in [-0.3, -0.25) is 10.1 Å². The van der Waals surface area contributed by atoms with E-state index in [9.17, 15) is 4.79 Å². The second-order valence-electron chi connectivity index (χ2n) is 7.57. The molecule has 0 aliphatic carbocycles. The van der Waals surface area contributed by atoms with Crippen LogP contribution in [0.5, 0.6) is 0 Å². The van der Waals surface area contributed by atoms with Crippen molar-refractivity contribution in [3.8, 4) is 11.5 Å². The molecule has 0 saturated heterocycles. The molecule has 5 nitrogen and oxygen atoms in total. The molecule has 0 aliphatic rings. The molecule has 0 saturated carbocycles. The van der Waals surface area contributed by atoms with Crippen molar-refractivity contribution in [1.29, 1.82) is 0 Å². The second-order valence-corrected chi connectivity index (χ2v) is 8.38. The fourth-order valence-corrected chi connectivity index (χ4v) is 4.12. The average Bonchev–Trinajstić information content (AvgIpc) is 3.25. The summed E-state index contributed by atoms with van der Waals surface area (Å²) in [6.07, 6.45) is 0. The molecule has 1 aromatic heterocycles. The number of hydrogen-bond acceptors (Lipinski definition) is 4. The lowest BCUT2D eigenvalue weighted by Crippen LogP contribution is -2.34. The summed E-state index contributed by atoms with van der Waals surface area (Å²) >= 11 is 11.7. The van der Waals surface area contributed by atoms with Crippen molar-refractivity contribution in [3.63, 3.8) is 0 Å². The average molecular weight is 472 g/mol. The van der Waals surface area contributed by atoms with E-state index in [1.165, 1.54) is 0 Å². The zero-order valence-corrected chi connectivity index (χ0v) is 19.1. The number of aromatic nitrogens is 1. The number of nitrogens with zero attached hydrogens (tertiary/aromatic N) is 1. The molecule has 0 unspecified atom stereocenters. The number of nitrogens with one attached hydrogen (secondary N) is 2. The van der Waals surface area contributed by atoms with Gasteiger partial charge in [-0.25, -0.2) is 4.98 Å². The van der Waals surface area contributed by atoms with Gasteiger partial charge in [0.25, 0.3) is 5.91 Å². The third-order valence-corrected chi connectivity index (χ3v) is 5.90. The second kappa shape index (κ2) is 8.65. The molecule has 33 heavy (non-hydrogen) atoms. The van der Waals surface area contributed by atoms with Crippen molar-refractivity contribution in [2.24, 2.45) is 0 Å². The van der Waals surface area contributed by atoms with E-state index in [1.807, 2.05) is 67.6 Å². The Labute approximate surface area is 200 Å². The molecule has 5 aromatic rings. The molecule has 1 heterocycles. The van der Waals surface area contributed by atoms with Gasteiger partial charge in [-0.15, -0.1) is 0 Å². The van der Waals surface area contributed by atoms with Crippen molar-refractivity contribution < 1.29 is 9.21 Å². The van der Waals surface area contributed by atoms with Gasteiger partial charge in [-0.1, -0.05) is 54.1 Å². The van der Waals surface area contributed by atoms with Crippen LogP contribution >= 0.6 is 23.8 Å². The largest absolute Gasteiger partial charge is 0.436 e. The van der Waals surface area contributed by atoms with Crippen molar-refractivity contribution in [2.75, 3.05) is 5.32 Å². The first-order chi connectivity index (χ1) is 16.0. The van der Waals surface area contributed by atoms with Crippen LogP contribution in [0.2, 0.25) is 5.02 Å². The van der Waals surface area contributed by atoms with Gasteiger partial charge in [0.05, 0.1) is 0 Å². The first-order valence-electron chi connectivity index (χ1n) is 10.3. The van der Waals surface area contributed by atoms with Crippen LogP contribution in [-0.4, -0.2) is 16.0 Å². The molecule has 0 aliphatic heterocycles. The molecule has 2 N–H and O–H groups in total. The standard InChI is InChI=1S/C26H18ClN3O2S/c1-15-12-13-16(25-28-21-10-2-3-11-23(21)32-25)14-22(15)29-26(33)30-24(31)19-8-4-7-18-17(19)6-5-9-20(18)27/h2-14H,1H3,(H2,29,30,31,33). The monoisotopic (exact) mass is 471 g/mol. The summed E-state index contributed by atoms with van der Waals surface area (Å²) in [5.41, 5.74) is 4.53. The van der Waals surface area contributed by atoms with Crippen LogP contribution in [0.1, 0.15) is 15.9 Å². The molecule has 0 spiro atoms. The van der Waals surface area contributed by atoms with E-state index in [2.05, 4.69) is 15.6 Å². The number of halogens is 1. The van der Waals surface area contributed by atoms with Gasteiger partial charge < -0.3 is 9.73 Å². The Kier molecular flexibility index (Phi) is 5.54. The van der Waals surface area contributed by atoms with Gasteiger partial charge in [0.1, 0.15) is 5.52 Å². The first kappa shape index (κ1) is 21.1. The van der Waals surface area contributed by atoms with Crippen LogP contribution in [0.15, 0.2) is 83.3 Å². The van der Waals surface area contributed by atoms with Gasteiger partial charge in [0, 0.05) is 27.2 Å². The van der Waals surface area contributed by atoms with E-state index in [-0.39, 0.29) is 11.0 Å². The summed E-state index contributed by atoms with van der Waals surface area (Å²) in [7, 11) is 0. The molecular weight excluding hydrogens is 454 g/mol. The van der Waals surface area contributed by atoms with E-state index >= 15 is 0 Å². The fourth-order valence-electron chi connectivity index (χ4n) is 3.68. The molecule has 1 amide bonds. The number of aryl methyl sites for hydroxylation is 1. The number of oxazole rings is 1. The molecule has 0 radical (unpaired) electrons. The van der Waals surface area contributed by atoms with Gasteiger partial charge in [-0.2, -0.15) is 0 Å². The molecule has 0 atom stereocenters. The van der Waals surface area contributed by atoms with Crippen LogP contribution in [-0.2, 0) is 0 Å². The van der Waals surface area contributed by atoms with E-state index in [0.29, 0.717) is 16.5 Å². The predicted octanol–water partition coefficient (Wildman–Crippen LogP) is 6.74. The third-order valence-electron chi connectivity index (χ3n) is 5.37. The van der Waals surface area contributed by atoms with E-state index in [0.717, 1.165) is 38.7 Å². The zero-order valence-electron chi connectivity index (χ0n) is 17.6. The summed E-state index contributed by atoms with van der Waals surface area (Å²) < 4.78 is 5.87. The van der Waals surface area contributed by atoms with Crippen LogP contribution in [0.3, 0.4) is 0 Å². The van der Waals surface area contributed by atoms with Crippen LogP contribution < -0.4 is 10.6 Å². The summed E-state index contributed by atoms with van der Waals surface area (Å²) in [6.45, 7) is 1.95. The molecule has 0 bridgehead atoms. The van der Waals surface area contributed by atoms with E-state index in [4.69, 9.17) is 28.2 Å². The minimum Gasteiger partial charge on any atom is -0.436 e. The van der Waals surface area contributed by atoms with Crippen LogP contribution in [0.25, 0.3) is 33.3 Å². The van der Waals surface area contributed by atoms with Crippen molar-refractivity contribution >= 4 is 62.4 Å². The van der Waals surface area contributed by atoms with Gasteiger partial charge in [-0.05, 0) is 66.5 Å². The minimum absolute atomic E-state index is 0.192. The lowest BCUT2D eigenvalue weighted by molar-refractivity contribution is 0.0979. The number of benzene rings is 4. The van der Waals surface area contributed by atoms with Gasteiger partial charge in [0.15, 0.2) is 10.7 Å². The number of hydrogen-bond donors (Lipinski definition) is 2. The molecule has 162 valence electrons. The Hall–Kier alpha value is -3.74. The maximum atomic E-state index is 12.9. The Morgan fingerprint density at radius 2 is 1.76 bits per heavy atom. The first-order valence-corrected chi connectivity index (χ1v) is 11.0. The van der Waals surface area contributed by atoms with E-state index in [1.54, 1.807) is 18.2 Å². The minimum atomic E-state index is -0.312. The summed E-state index contributed by atoms with van der Waals surface area (Å²) in [5.74, 6) is 0.204. The van der Waals surface area contributed by atoms with Gasteiger partial charge >= 0.3 is 0 Å². The molecule has 4 aromatic carbocycles. The van der Waals surface area contributed by atoms with Crippen molar-refractivity contribution in [2.45, 2.75) is 6.92 Å². The highest BCUT2D eigenvalue weighted by Gasteiger charge is 2.14. The van der Waals surface area contributed by atoms with Crippen LogP contribution in [0.4, 0.5) is 5.69 Å². The summed E-state index contributed by atoms with van der Waals surface area (Å²) in [5, 5.41) is 8.24. The number of rotatable bonds is 3. The SMILES string of the molecule is Cc1ccc(-c2nc3ccccc3o2)cc1NC(=S)NC(=O)c1cccc2c(Cl)cccc12. The number of thiocarbonyl (C=S) groups is 1. The quantitative estimate of drug-likeness (QED) is 0.285. The number of carbonyl (C=O) groups is 1. The maximum absolute atomic E-state index is 12.9. The maximum Gasteiger partial charge on any atom is 0.258 e. The number of amides is 1. The lowest BCUT2D eigenvalue weighted by atomic mass is 10.0. The predicted molar refractivity (Wildman–Crippen MR) is 137 cm³/mol. The molecule has 0 fully saturated rings. The highest BCUT2D eigenvalue weighted by Crippen LogP contribution is 2.28. The Balaban J connectivity index is 1.37. The topological polar surface area (TPSA) is 67.2 Å². The Morgan fingerprint density at radius 1 is 0.970 bits per heavy atom. The number of fused-ring (bicyclic) bond motifs is 2. The highest BCUT2D eigenvalue weighted by molar-refractivity contribution is 7.80.